The van der Waals surface area contributed by atoms with E-state index in [1.165, 1.54) is 6.07 Å². The Bertz CT molecular complexity index is 352. The molecular weight excluding hydrogens is 289 g/mol. The fourth-order valence-electron chi connectivity index (χ4n) is 1.04. The number of benzene rings is 1. The van der Waals surface area contributed by atoms with Gasteiger partial charge in [0.05, 0.1) is 16.6 Å². The molecule has 0 saturated heterocycles. The van der Waals surface area contributed by atoms with Crippen molar-refractivity contribution in [2.24, 2.45) is 0 Å². The Morgan fingerprint density at radius 1 is 1.31 bits per heavy atom. The second-order valence-electron chi connectivity index (χ2n) is 3.07. The standard InChI is InChI=1S/C10H10BrF3O2/c11-8-3-2-7(10(12,13)14)6-9(8)16-5-1-4-15/h2-3,6,15H,1,4-5H2. The van der Waals surface area contributed by atoms with Gasteiger partial charge in [0.25, 0.3) is 0 Å². The summed E-state index contributed by atoms with van der Waals surface area (Å²) >= 11 is 3.09. The molecular formula is C10H10BrF3O2. The van der Waals surface area contributed by atoms with E-state index in [1.807, 2.05) is 0 Å². The first-order valence-corrected chi connectivity index (χ1v) is 5.35. The Morgan fingerprint density at radius 3 is 2.56 bits per heavy atom. The van der Waals surface area contributed by atoms with Crippen LogP contribution >= 0.6 is 15.9 Å². The number of rotatable bonds is 4. The van der Waals surface area contributed by atoms with Crippen LogP contribution < -0.4 is 4.74 Å². The first-order valence-electron chi connectivity index (χ1n) is 4.55. The lowest BCUT2D eigenvalue weighted by Crippen LogP contribution is -2.06. The highest BCUT2D eigenvalue weighted by Gasteiger charge is 2.31. The Morgan fingerprint density at radius 2 is 2.00 bits per heavy atom. The van der Waals surface area contributed by atoms with E-state index in [0.29, 0.717) is 10.9 Å². The third-order valence-electron chi connectivity index (χ3n) is 1.82. The lowest BCUT2D eigenvalue weighted by atomic mass is 10.2. The van der Waals surface area contributed by atoms with E-state index in [2.05, 4.69) is 15.9 Å². The van der Waals surface area contributed by atoms with Gasteiger partial charge in [0.15, 0.2) is 0 Å². The van der Waals surface area contributed by atoms with Crippen LogP contribution in [0.3, 0.4) is 0 Å². The van der Waals surface area contributed by atoms with E-state index in [9.17, 15) is 13.2 Å². The van der Waals surface area contributed by atoms with Crippen molar-refractivity contribution in [3.05, 3.63) is 28.2 Å². The van der Waals surface area contributed by atoms with Crippen molar-refractivity contribution >= 4 is 15.9 Å². The van der Waals surface area contributed by atoms with E-state index in [-0.39, 0.29) is 19.0 Å². The highest BCUT2D eigenvalue weighted by molar-refractivity contribution is 9.10. The molecule has 16 heavy (non-hydrogen) atoms. The van der Waals surface area contributed by atoms with Crippen LogP contribution in [0.25, 0.3) is 0 Å². The molecule has 1 aromatic carbocycles. The Kier molecular flexibility index (Phi) is 4.61. The molecule has 0 saturated carbocycles. The summed E-state index contributed by atoms with van der Waals surface area (Å²) in [5.74, 6) is 0.128. The normalized spacial score (nSPS) is 11.6. The molecule has 0 bridgehead atoms. The van der Waals surface area contributed by atoms with Gasteiger partial charge in [-0.05, 0) is 34.1 Å². The van der Waals surface area contributed by atoms with Crippen LogP contribution in [0, 0.1) is 0 Å². The lowest BCUT2D eigenvalue weighted by molar-refractivity contribution is -0.137. The number of ether oxygens (including phenoxy) is 1. The van der Waals surface area contributed by atoms with Crippen LogP contribution in [0.1, 0.15) is 12.0 Å². The zero-order valence-corrected chi connectivity index (χ0v) is 9.81. The molecule has 0 unspecified atom stereocenters. The second kappa shape index (κ2) is 5.54. The maximum atomic E-state index is 12.4. The second-order valence-corrected chi connectivity index (χ2v) is 3.92. The largest absolute Gasteiger partial charge is 0.492 e. The van der Waals surface area contributed by atoms with Gasteiger partial charge in [-0.15, -0.1) is 0 Å². The molecule has 0 aromatic heterocycles. The van der Waals surface area contributed by atoms with Crippen molar-refractivity contribution in [3.8, 4) is 5.75 Å². The van der Waals surface area contributed by atoms with Crippen molar-refractivity contribution in [3.63, 3.8) is 0 Å². The molecule has 90 valence electrons. The van der Waals surface area contributed by atoms with Gasteiger partial charge in [-0.1, -0.05) is 0 Å². The molecule has 0 atom stereocenters. The average molecular weight is 299 g/mol. The molecule has 1 aromatic rings. The maximum absolute atomic E-state index is 12.4. The number of aliphatic hydroxyl groups is 1. The molecule has 0 spiro atoms. The fourth-order valence-corrected chi connectivity index (χ4v) is 1.40. The van der Waals surface area contributed by atoms with Gasteiger partial charge < -0.3 is 9.84 Å². The van der Waals surface area contributed by atoms with Gasteiger partial charge in [-0.25, -0.2) is 0 Å². The summed E-state index contributed by atoms with van der Waals surface area (Å²) in [6, 6.07) is 3.20. The van der Waals surface area contributed by atoms with Gasteiger partial charge in [-0.3, -0.25) is 0 Å². The number of hydrogen-bond acceptors (Lipinski definition) is 2. The number of hydrogen-bond donors (Lipinski definition) is 1. The third kappa shape index (κ3) is 3.68. The molecule has 0 fully saturated rings. The predicted octanol–water partition coefficient (Wildman–Crippen LogP) is 3.23. The fraction of sp³-hybridized carbons (Fsp3) is 0.400. The summed E-state index contributed by atoms with van der Waals surface area (Å²) in [5, 5.41) is 8.53. The van der Waals surface area contributed by atoms with Gasteiger partial charge in [0, 0.05) is 13.0 Å². The lowest BCUT2D eigenvalue weighted by Gasteiger charge is -2.11. The highest BCUT2D eigenvalue weighted by Crippen LogP contribution is 2.35. The van der Waals surface area contributed by atoms with Crippen molar-refractivity contribution in [2.45, 2.75) is 12.6 Å². The van der Waals surface area contributed by atoms with E-state index < -0.39 is 11.7 Å². The Labute approximate surface area is 99.2 Å². The summed E-state index contributed by atoms with van der Waals surface area (Å²) in [6.07, 6.45) is -4.00. The summed E-state index contributed by atoms with van der Waals surface area (Å²) in [4.78, 5) is 0. The molecule has 6 heteroatoms. The van der Waals surface area contributed by atoms with Gasteiger partial charge in [0.1, 0.15) is 5.75 Å². The minimum atomic E-state index is -4.38. The van der Waals surface area contributed by atoms with Crippen molar-refractivity contribution < 1.29 is 23.0 Å². The quantitative estimate of drug-likeness (QED) is 0.865. The van der Waals surface area contributed by atoms with Crippen molar-refractivity contribution in [1.29, 1.82) is 0 Å². The summed E-state index contributed by atoms with van der Waals surface area (Å²) in [7, 11) is 0. The highest BCUT2D eigenvalue weighted by atomic mass is 79.9. The van der Waals surface area contributed by atoms with Gasteiger partial charge in [0.2, 0.25) is 0 Å². The molecule has 0 aliphatic carbocycles. The monoisotopic (exact) mass is 298 g/mol. The Hall–Kier alpha value is -0.750. The SMILES string of the molecule is OCCCOc1cc(C(F)(F)F)ccc1Br. The molecule has 0 amide bonds. The number of halogens is 4. The van der Waals surface area contributed by atoms with Crippen LogP contribution in [0.15, 0.2) is 22.7 Å². The van der Waals surface area contributed by atoms with Crippen LogP contribution in [0.5, 0.6) is 5.75 Å². The molecule has 0 heterocycles. The maximum Gasteiger partial charge on any atom is 0.416 e. The summed E-state index contributed by atoms with van der Waals surface area (Å²) in [5.41, 5.74) is -0.755. The number of aliphatic hydroxyl groups excluding tert-OH is 1. The van der Waals surface area contributed by atoms with Crippen LogP contribution in [-0.4, -0.2) is 18.3 Å². The summed E-state index contributed by atoms with van der Waals surface area (Å²) < 4.78 is 42.7. The van der Waals surface area contributed by atoms with E-state index in [1.54, 1.807) is 0 Å². The van der Waals surface area contributed by atoms with E-state index >= 15 is 0 Å². The average Bonchev–Trinajstić information content (AvgIpc) is 2.19. The van der Waals surface area contributed by atoms with Crippen LogP contribution in [-0.2, 0) is 6.18 Å². The molecule has 0 radical (unpaired) electrons. The first kappa shape index (κ1) is 13.3. The topological polar surface area (TPSA) is 29.5 Å². The zero-order valence-electron chi connectivity index (χ0n) is 8.22. The van der Waals surface area contributed by atoms with Crippen molar-refractivity contribution in [1.82, 2.24) is 0 Å². The van der Waals surface area contributed by atoms with Crippen LogP contribution in [0.4, 0.5) is 13.2 Å². The minimum Gasteiger partial charge on any atom is -0.492 e. The third-order valence-corrected chi connectivity index (χ3v) is 2.47. The van der Waals surface area contributed by atoms with Crippen molar-refractivity contribution in [2.75, 3.05) is 13.2 Å². The molecule has 0 aliphatic rings. The first-order chi connectivity index (χ1) is 7.45. The molecule has 2 nitrogen and oxygen atoms in total. The molecule has 1 rings (SSSR count). The number of alkyl halides is 3. The van der Waals surface area contributed by atoms with E-state index in [0.717, 1.165) is 12.1 Å². The van der Waals surface area contributed by atoms with Gasteiger partial charge in [-0.2, -0.15) is 13.2 Å². The smallest absolute Gasteiger partial charge is 0.416 e. The molecule has 1 N–H and O–H groups in total. The predicted molar refractivity (Wildman–Crippen MR) is 56.3 cm³/mol. The molecule has 0 aliphatic heterocycles. The zero-order chi connectivity index (χ0) is 12.2. The van der Waals surface area contributed by atoms with Crippen LogP contribution in [0.2, 0.25) is 0 Å². The minimum absolute atomic E-state index is 0.0589. The Balaban J connectivity index is 2.83. The summed E-state index contributed by atoms with van der Waals surface area (Å²) in [6.45, 7) is 0.118. The van der Waals surface area contributed by atoms with E-state index in [4.69, 9.17) is 9.84 Å². The van der Waals surface area contributed by atoms with Gasteiger partial charge >= 0.3 is 6.18 Å².